The molecule has 0 amide bonds. The lowest BCUT2D eigenvalue weighted by atomic mass is 9.96. The van der Waals surface area contributed by atoms with Gasteiger partial charge in [0.15, 0.2) is 24.8 Å². The fourth-order valence-corrected chi connectivity index (χ4v) is 3.49. The van der Waals surface area contributed by atoms with Crippen molar-refractivity contribution in [2.24, 2.45) is 0 Å². The van der Waals surface area contributed by atoms with E-state index in [2.05, 4.69) is 0 Å². The molecule has 0 unspecified atom stereocenters. The first-order chi connectivity index (χ1) is 15.0. The van der Waals surface area contributed by atoms with Crippen LogP contribution in [0.2, 0.25) is 0 Å². The van der Waals surface area contributed by atoms with Crippen molar-refractivity contribution in [2.45, 2.75) is 89.1 Å². The van der Waals surface area contributed by atoms with Crippen molar-refractivity contribution in [3.63, 3.8) is 0 Å². The normalized spacial score (nSPS) is 39.8. The van der Waals surface area contributed by atoms with Crippen LogP contribution in [0.1, 0.15) is 27.7 Å². The molecule has 0 aromatic carbocycles. The fourth-order valence-electron chi connectivity index (χ4n) is 3.49. The molecule has 0 saturated carbocycles. The Bertz CT molecular complexity index is 670. The summed E-state index contributed by atoms with van der Waals surface area (Å²) in [4.78, 5) is 34.8. The van der Waals surface area contributed by atoms with Gasteiger partial charge in [-0.15, -0.1) is 0 Å². The molecule has 2 aliphatic heterocycles. The number of hydrogen-bond acceptors (Lipinski definition) is 13. The summed E-state index contributed by atoms with van der Waals surface area (Å²) in [6, 6.07) is 0. The molecule has 0 aliphatic carbocycles. The van der Waals surface area contributed by atoms with Crippen LogP contribution in [0, 0.1) is 0 Å². The summed E-state index contributed by atoms with van der Waals surface area (Å²) in [5.74, 6) is -2.11. The van der Waals surface area contributed by atoms with Gasteiger partial charge in [0.25, 0.3) is 0 Å². The molecule has 2 heterocycles. The quantitative estimate of drug-likeness (QED) is 0.277. The zero-order valence-electron chi connectivity index (χ0n) is 18.4. The maximum atomic E-state index is 11.8. The van der Waals surface area contributed by atoms with Crippen molar-refractivity contribution < 1.29 is 62.9 Å². The van der Waals surface area contributed by atoms with Gasteiger partial charge in [-0.2, -0.15) is 0 Å². The van der Waals surface area contributed by atoms with Crippen LogP contribution < -0.4 is 0 Å². The van der Waals surface area contributed by atoms with Crippen LogP contribution in [0.4, 0.5) is 0 Å². The summed E-state index contributed by atoms with van der Waals surface area (Å²) in [7, 11) is 1.27. The van der Waals surface area contributed by atoms with Crippen molar-refractivity contribution in [3.8, 4) is 0 Å². The van der Waals surface area contributed by atoms with E-state index in [1.165, 1.54) is 21.0 Å². The van der Waals surface area contributed by atoms with E-state index in [0.29, 0.717) is 0 Å². The highest BCUT2D eigenvalue weighted by molar-refractivity contribution is 5.67. The number of hydrogen-bond donors (Lipinski definition) is 3. The number of aliphatic hydroxyl groups is 3. The molecule has 0 aromatic heterocycles. The molecule has 10 atom stereocenters. The van der Waals surface area contributed by atoms with Gasteiger partial charge in [0.1, 0.15) is 37.1 Å². The van der Waals surface area contributed by atoms with Crippen LogP contribution >= 0.6 is 0 Å². The van der Waals surface area contributed by atoms with E-state index in [0.717, 1.165) is 13.8 Å². The van der Waals surface area contributed by atoms with E-state index in [1.54, 1.807) is 0 Å². The highest BCUT2D eigenvalue weighted by Crippen LogP contribution is 2.32. The molecule has 2 saturated heterocycles. The van der Waals surface area contributed by atoms with Gasteiger partial charge in [0, 0.05) is 27.9 Å². The standard InChI is InChI=1S/C19H30O13/c1-7-12(23)13(24)14(25)18(28-7)32-15-11(6-27-8(2)20)31-19(26-5)17(30-10(4)22)16(15)29-9(3)21/h7,11-19,23-25H,6H2,1-5H3/t7-,11+,12-,13+,14+,15-,16-,17+,18+,19-/m0/s1. The summed E-state index contributed by atoms with van der Waals surface area (Å²) in [5.41, 5.74) is 0. The minimum absolute atomic E-state index is 0.367. The van der Waals surface area contributed by atoms with Crippen LogP contribution in [-0.2, 0) is 47.5 Å². The average Bonchev–Trinajstić information content (AvgIpc) is 2.70. The van der Waals surface area contributed by atoms with Gasteiger partial charge in [-0.25, -0.2) is 0 Å². The van der Waals surface area contributed by atoms with Crippen LogP contribution in [0.5, 0.6) is 0 Å². The minimum atomic E-state index is -1.68. The average molecular weight is 466 g/mol. The number of rotatable bonds is 7. The first-order valence-electron chi connectivity index (χ1n) is 9.97. The molecule has 0 spiro atoms. The van der Waals surface area contributed by atoms with E-state index < -0.39 is 79.3 Å². The van der Waals surface area contributed by atoms with Crippen molar-refractivity contribution in [1.82, 2.24) is 0 Å². The predicted molar refractivity (Wildman–Crippen MR) is 101 cm³/mol. The summed E-state index contributed by atoms with van der Waals surface area (Å²) in [6.45, 7) is 4.51. The Balaban J connectivity index is 2.39. The SMILES string of the molecule is CO[C@H]1O[C@H](COC(C)=O)[C@H](O[C@H]2O[C@@H](C)[C@H](O)[C@@H](O)[C@H]2O)[C@H](OC(C)=O)[C@H]1OC(C)=O. The number of esters is 3. The van der Waals surface area contributed by atoms with E-state index in [9.17, 15) is 29.7 Å². The molecule has 0 bridgehead atoms. The Hall–Kier alpha value is -1.87. The van der Waals surface area contributed by atoms with Gasteiger partial charge in [-0.3, -0.25) is 14.4 Å². The molecule has 2 rings (SSSR count). The number of carbonyl (C=O) groups excluding carboxylic acids is 3. The summed E-state index contributed by atoms with van der Waals surface area (Å²) in [6.07, 6.45) is -13.3. The van der Waals surface area contributed by atoms with Gasteiger partial charge < -0.3 is 48.5 Å². The van der Waals surface area contributed by atoms with E-state index >= 15 is 0 Å². The summed E-state index contributed by atoms with van der Waals surface area (Å²) in [5, 5.41) is 30.3. The van der Waals surface area contributed by atoms with Crippen LogP contribution in [0.3, 0.4) is 0 Å². The minimum Gasteiger partial charge on any atom is -0.463 e. The largest absolute Gasteiger partial charge is 0.463 e. The highest BCUT2D eigenvalue weighted by Gasteiger charge is 2.54. The smallest absolute Gasteiger partial charge is 0.303 e. The third-order valence-electron chi connectivity index (χ3n) is 4.98. The van der Waals surface area contributed by atoms with Gasteiger partial charge >= 0.3 is 17.9 Å². The Labute approximate surface area is 184 Å². The second-order valence-electron chi connectivity index (χ2n) is 7.51. The summed E-state index contributed by atoms with van der Waals surface area (Å²) >= 11 is 0. The Kier molecular flexibility index (Phi) is 9.33. The lowest BCUT2D eigenvalue weighted by Gasteiger charge is -2.47. The molecule has 3 N–H and O–H groups in total. The number of ether oxygens (including phenoxy) is 7. The van der Waals surface area contributed by atoms with Crippen LogP contribution in [-0.4, -0.2) is 108 Å². The summed E-state index contributed by atoms with van der Waals surface area (Å²) < 4.78 is 37.8. The molecular formula is C19H30O13. The predicted octanol–water partition coefficient (Wildman–Crippen LogP) is -2.00. The Morgan fingerprint density at radius 2 is 1.38 bits per heavy atom. The lowest BCUT2D eigenvalue weighted by Crippen LogP contribution is -2.65. The third kappa shape index (κ3) is 6.34. The van der Waals surface area contributed by atoms with Crippen molar-refractivity contribution in [1.29, 1.82) is 0 Å². The van der Waals surface area contributed by atoms with E-state index in [4.69, 9.17) is 33.2 Å². The molecule has 0 aromatic rings. The monoisotopic (exact) mass is 466 g/mol. The molecule has 184 valence electrons. The molecule has 2 fully saturated rings. The van der Waals surface area contributed by atoms with Crippen molar-refractivity contribution in [2.75, 3.05) is 13.7 Å². The van der Waals surface area contributed by atoms with Gasteiger partial charge in [0.05, 0.1) is 6.10 Å². The van der Waals surface area contributed by atoms with E-state index in [1.807, 2.05) is 0 Å². The first kappa shape index (κ1) is 26.4. The second kappa shape index (κ2) is 11.3. The maximum Gasteiger partial charge on any atom is 0.303 e. The van der Waals surface area contributed by atoms with Gasteiger partial charge in [-0.1, -0.05) is 0 Å². The van der Waals surface area contributed by atoms with Gasteiger partial charge in [0.2, 0.25) is 0 Å². The number of methoxy groups -OCH3 is 1. The fraction of sp³-hybridized carbons (Fsp3) is 0.842. The van der Waals surface area contributed by atoms with E-state index in [-0.39, 0.29) is 6.61 Å². The van der Waals surface area contributed by atoms with Crippen molar-refractivity contribution in [3.05, 3.63) is 0 Å². The molecule has 13 nitrogen and oxygen atoms in total. The van der Waals surface area contributed by atoms with Crippen LogP contribution in [0.15, 0.2) is 0 Å². The Morgan fingerprint density at radius 1 is 0.781 bits per heavy atom. The van der Waals surface area contributed by atoms with Gasteiger partial charge in [-0.05, 0) is 6.92 Å². The molecular weight excluding hydrogens is 436 g/mol. The maximum absolute atomic E-state index is 11.8. The Morgan fingerprint density at radius 3 is 1.91 bits per heavy atom. The topological polar surface area (TPSA) is 177 Å². The highest BCUT2D eigenvalue weighted by atomic mass is 16.8. The molecule has 2 aliphatic rings. The first-order valence-corrected chi connectivity index (χ1v) is 9.97. The lowest BCUT2D eigenvalue weighted by molar-refractivity contribution is -0.355. The van der Waals surface area contributed by atoms with Crippen molar-refractivity contribution >= 4 is 17.9 Å². The number of carbonyl (C=O) groups is 3. The number of aliphatic hydroxyl groups excluding tert-OH is 3. The third-order valence-corrected chi connectivity index (χ3v) is 4.98. The molecule has 32 heavy (non-hydrogen) atoms. The molecule has 13 heteroatoms. The zero-order valence-corrected chi connectivity index (χ0v) is 18.4. The second-order valence-corrected chi connectivity index (χ2v) is 7.51. The van der Waals surface area contributed by atoms with Crippen LogP contribution in [0.25, 0.3) is 0 Å². The zero-order chi connectivity index (χ0) is 24.2. The molecule has 0 radical (unpaired) electrons.